The van der Waals surface area contributed by atoms with E-state index in [1.165, 1.54) is 0 Å². The van der Waals surface area contributed by atoms with E-state index in [2.05, 4.69) is 10.6 Å². The molecule has 0 aliphatic heterocycles. The van der Waals surface area contributed by atoms with E-state index in [0.29, 0.717) is 6.54 Å². The predicted molar refractivity (Wildman–Crippen MR) is 58.6 cm³/mol. The molecule has 1 rings (SSSR count). The summed E-state index contributed by atoms with van der Waals surface area (Å²) in [6, 6.07) is 3.99. The standard InChI is InChI=1S/C11H18N2O2/c1-9(2)13-11(14)8-12-6-5-10-4-3-7-15-10/h3-4,7,9,12H,5-6,8H2,1-2H3,(H,13,14). The fourth-order valence-electron chi connectivity index (χ4n) is 1.24. The normalized spacial score (nSPS) is 10.6. The zero-order valence-electron chi connectivity index (χ0n) is 9.25. The molecule has 1 heterocycles. The first kappa shape index (κ1) is 11.8. The highest BCUT2D eigenvalue weighted by Gasteiger charge is 2.02. The summed E-state index contributed by atoms with van der Waals surface area (Å²) in [5, 5.41) is 5.87. The largest absolute Gasteiger partial charge is 0.469 e. The van der Waals surface area contributed by atoms with Gasteiger partial charge in [0.25, 0.3) is 0 Å². The van der Waals surface area contributed by atoms with Gasteiger partial charge < -0.3 is 15.1 Å². The first-order chi connectivity index (χ1) is 7.18. The second-order valence-electron chi connectivity index (χ2n) is 3.73. The summed E-state index contributed by atoms with van der Waals surface area (Å²) in [4.78, 5) is 11.2. The average molecular weight is 210 g/mol. The third-order valence-corrected chi connectivity index (χ3v) is 1.86. The third kappa shape index (κ3) is 5.22. The van der Waals surface area contributed by atoms with Crippen LogP contribution in [0.5, 0.6) is 0 Å². The van der Waals surface area contributed by atoms with Gasteiger partial charge in [0.05, 0.1) is 12.8 Å². The molecule has 0 saturated carbocycles. The fourth-order valence-corrected chi connectivity index (χ4v) is 1.24. The number of furan rings is 1. The first-order valence-electron chi connectivity index (χ1n) is 5.21. The molecular formula is C11H18N2O2. The van der Waals surface area contributed by atoms with Gasteiger partial charge in [-0.25, -0.2) is 0 Å². The second kappa shape index (κ2) is 6.24. The van der Waals surface area contributed by atoms with Gasteiger partial charge in [0.1, 0.15) is 5.76 Å². The van der Waals surface area contributed by atoms with E-state index in [1.807, 2.05) is 26.0 Å². The highest BCUT2D eigenvalue weighted by Crippen LogP contribution is 1.99. The van der Waals surface area contributed by atoms with Crippen LogP contribution in [-0.2, 0) is 11.2 Å². The van der Waals surface area contributed by atoms with Crippen molar-refractivity contribution in [3.8, 4) is 0 Å². The topological polar surface area (TPSA) is 54.3 Å². The molecule has 4 heteroatoms. The summed E-state index contributed by atoms with van der Waals surface area (Å²) >= 11 is 0. The molecule has 0 radical (unpaired) electrons. The molecule has 15 heavy (non-hydrogen) atoms. The number of hydrogen-bond acceptors (Lipinski definition) is 3. The van der Waals surface area contributed by atoms with Crippen LogP contribution in [-0.4, -0.2) is 25.0 Å². The lowest BCUT2D eigenvalue weighted by Crippen LogP contribution is -2.38. The van der Waals surface area contributed by atoms with Crippen LogP contribution < -0.4 is 10.6 Å². The number of nitrogens with one attached hydrogen (secondary N) is 2. The van der Waals surface area contributed by atoms with Crippen LogP contribution in [0.3, 0.4) is 0 Å². The molecule has 1 amide bonds. The second-order valence-corrected chi connectivity index (χ2v) is 3.73. The van der Waals surface area contributed by atoms with Crippen molar-refractivity contribution in [2.45, 2.75) is 26.3 Å². The van der Waals surface area contributed by atoms with Gasteiger partial charge in [-0.05, 0) is 26.0 Å². The smallest absolute Gasteiger partial charge is 0.234 e. The van der Waals surface area contributed by atoms with Crippen LogP contribution in [0, 0.1) is 0 Å². The molecule has 4 nitrogen and oxygen atoms in total. The monoisotopic (exact) mass is 210 g/mol. The summed E-state index contributed by atoms with van der Waals surface area (Å²) in [5.41, 5.74) is 0. The van der Waals surface area contributed by atoms with Crippen molar-refractivity contribution in [3.05, 3.63) is 24.2 Å². The summed E-state index contributed by atoms with van der Waals surface area (Å²) in [5.74, 6) is 0.969. The van der Waals surface area contributed by atoms with Crippen molar-refractivity contribution >= 4 is 5.91 Å². The van der Waals surface area contributed by atoms with E-state index < -0.39 is 0 Å². The van der Waals surface area contributed by atoms with Crippen molar-refractivity contribution in [2.24, 2.45) is 0 Å². The summed E-state index contributed by atoms with van der Waals surface area (Å²) in [7, 11) is 0. The van der Waals surface area contributed by atoms with Gasteiger partial charge in [-0.1, -0.05) is 0 Å². The average Bonchev–Trinajstić information content (AvgIpc) is 2.63. The van der Waals surface area contributed by atoms with Gasteiger partial charge in [0.2, 0.25) is 5.91 Å². The van der Waals surface area contributed by atoms with Crippen LogP contribution in [0.2, 0.25) is 0 Å². The molecule has 0 aliphatic carbocycles. The molecule has 2 N–H and O–H groups in total. The zero-order valence-corrected chi connectivity index (χ0v) is 9.25. The van der Waals surface area contributed by atoms with Crippen LogP contribution >= 0.6 is 0 Å². The minimum Gasteiger partial charge on any atom is -0.469 e. The van der Waals surface area contributed by atoms with E-state index in [0.717, 1.165) is 18.7 Å². The highest BCUT2D eigenvalue weighted by molar-refractivity contribution is 5.78. The van der Waals surface area contributed by atoms with E-state index in [4.69, 9.17) is 4.42 Å². The Bertz CT molecular complexity index is 281. The van der Waals surface area contributed by atoms with E-state index in [-0.39, 0.29) is 11.9 Å². The lowest BCUT2D eigenvalue weighted by atomic mass is 10.3. The first-order valence-corrected chi connectivity index (χ1v) is 5.21. The maximum Gasteiger partial charge on any atom is 0.234 e. The van der Waals surface area contributed by atoms with Crippen LogP contribution in [0.4, 0.5) is 0 Å². The number of hydrogen-bond donors (Lipinski definition) is 2. The number of rotatable bonds is 6. The Balaban J connectivity index is 2.04. The lowest BCUT2D eigenvalue weighted by molar-refractivity contribution is -0.120. The van der Waals surface area contributed by atoms with Crippen molar-refractivity contribution in [1.29, 1.82) is 0 Å². The van der Waals surface area contributed by atoms with Gasteiger partial charge >= 0.3 is 0 Å². The van der Waals surface area contributed by atoms with Crippen molar-refractivity contribution < 1.29 is 9.21 Å². The maximum atomic E-state index is 11.2. The molecule has 0 fully saturated rings. The fraction of sp³-hybridized carbons (Fsp3) is 0.545. The molecule has 0 spiro atoms. The van der Waals surface area contributed by atoms with Gasteiger partial charge in [-0.3, -0.25) is 4.79 Å². The molecule has 0 aromatic carbocycles. The summed E-state index contributed by atoms with van der Waals surface area (Å²) in [6.45, 7) is 5.00. The van der Waals surface area contributed by atoms with E-state index >= 15 is 0 Å². The van der Waals surface area contributed by atoms with Gasteiger partial charge in [0.15, 0.2) is 0 Å². The molecule has 1 aromatic rings. The summed E-state index contributed by atoms with van der Waals surface area (Å²) < 4.78 is 5.16. The minimum absolute atomic E-state index is 0.0319. The molecular weight excluding hydrogens is 192 g/mol. The molecule has 1 aromatic heterocycles. The molecule has 0 saturated heterocycles. The minimum atomic E-state index is 0.0319. The Hall–Kier alpha value is -1.29. The van der Waals surface area contributed by atoms with Crippen molar-refractivity contribution in [3.63, 3.8) is 0 Å². The van der Waals surface area contributed by atoms with E-state index in [9.17, 15) is 4.79 Å². The SMILES string of the molecule is CC(C)NC(=O)CNCCc1ccco1. The van der Waals surface area contributed by atoms with Crippen LogP contribution in [0.15, 0.2) is 22.8 Å². The lowest BCUT2D eigenvalue weighted by Gasteiger charge is -2.08. The molecule has 0 unspecified atom stereocenters. The van der Waals surface area contributed by atoms with Gasteiger partial charge in [-0.2, -0.15) is 0 Å². The van der Waals surface area contributed by atoms with Crippen LogP contribution in [0.1, 0.15) is 19.6 Å². The number of carbonyl (C=O) groups is 1. The Morgan fingerprint density at radius 1 is 1.53 bits per heavy atom. The maximum absolute atomic E-state index is 11.2. The van der Waals surface area contributed by atoms with Crippen LogP contribution in [0.25, 0.3) is 0 Å². The molecule has 0 aliphatic rings. The zero-order chi connectivity index (χ0) is 11.1. The quantitative estimate of drug-likeness (QED) is 0.687. The van der Waals surface area contributed by atoms with Gasteiger partial charge in [0, 0.05) is 19.0 Å². The van der Waals surface area contributed by atoms with Crippen molar-refractivity contribution in [2.75, 3.05) is 13.1 Å². The third-order valence-electron chi connectivity index (χ3n) is 1.86. The molecule has 0 bridgehead atoms. The predicted octanol–water partition coefficient (Wildman–Crippen LogP) is 0.936. The van der Waals surface area contributed by atoms with Gasteiger partial charge in [-0.15, -0.1) is 0 Å². The summed E-state index contributed by atoms with van der Waals surface area (Å²) in [6.07, 6.45) is 2.46. The molecule has 84 valence electrons. The number of amides is 1. The number of carbonyl (C=O) groups excluding carboxylic acids is 1. The Labute approximate surface area is 90.0 Å². The van der Waals surface area contributed by atoms with Crippen molar-refractivity contribution in [1.82, 2.24) is 10.6 Å². The Kier molecular flexibility index (Phi) is 4.90. The highest BCUT2D eigenvalue weighted by atomic mass is 16.3. The Morgan fingerprint density at radius 3 is 2.93 bits per heavy atom. The Morgan fingerprint density at radius 2 is 2.33 bits per heavy atom. The van der Waals surface area contributed by atoms with E-state index in [1.54, 1.807) is 6.26 Å². The molecule has 0 atom stereocenters.